The number of hydrogen-bond donors (Lipinski definition) is 1. The molecule has 1 heterocycles. The smallest absolute Gasteiger partial charge is 0.358 e. The third kappa shape index (κ3) is 5.00. The van der Waals surface area contributed by atoms with Gasteiger partial charge in [0.1, 0.15) is 5.02 Å². The van der Waals surface area contributed by atoms with Gasteiger partial charge in [-0.3, -0.25) is 0 Å². The molecule has 0 aliphatic rings. The Morgan fingerprint density at radius 3 is 2.62 bits per heavy atom. The SMILES string of the molecule is CCCCCCC(C)OC(=O)c1nc(F)c(Cl)c(N)c1Cl. The first-order valence-corrected chi connectivity index (χ1v) is 7.65. The normalized spacial score (nSPS) is 12.2. The van der Waals surface area contributed by atoms with Gasteiger partial charge in [-0.05, 0) is 19.8 Å². The maximum atomic E-state index is 13.4. The number of esters is 1. The lowest BCUT2D eigenvalue weighted by atomic mass is 10.1. The molecular weight excluding hydrogens is 318 g/mol. The fourth-order valence-corrected chi connectivity index (χ4v) is 2.22. The number of rotatable bonds is 7. The van der Waals surface area contributed by atoms with Crippen molar-refractivity contribution in [1.29, 1.82) is 0 Å². The number of aromatic nitrogens is 1. The highest BCUT2D eigenvalue weighted by molar-refractivity contribution is 6.40. The van der Waals surface area contributed by atoms with Gasteiger partial charge >= 0.3 is 5.97 Å². The second-order valence-corrected chi connectivity index (χ2v) is 5.61. The van der Waals surface area contributed by atoms with E-state index in [0.29, 0.717) is 0 Å². The van der Waals surface area contributed by atoms with Crippen LogP contribution in [0, 0.1) is 5.95 Å². The van der Waals surface area contributed by atoms with Crippen molar-refractivity contribution in [2.75, 3.05) is 5.73 Å². The van der Waals surface area contributed by atoms with E-state index >= 15 is 0 Å². The first-order valence-electron chi connectivity index (χ1n) is 6.89. The molecule has 1 atom stereocenters. The first kappa shape index (κ1) is 18.0. The Morgan fingerprint density at radius 1 is 1.33 bits per heavy atom. The molecule has 0 aliphatic heterocycles. The topological polar surface area (TPSA) is 65.2 Å². The predicted molar refractivity (Wildman–Crippen MR) is 82.3 cm³/mol. The maximum absolute atomic E-state index is 13.4. The number of anilines is 1. The van der Waals surface area contributed by atoms with Gasteiger partial charge in [0.15, 0.2) is 5.69 Å². The summed E-state index contributed by atoms with van der Waals surface area (Å²) in [6.07, 6.45) is 4.76. The molecule has 2 N–H and O–H groups in total. The van der Waals surface area contributed by atoms with Crippen LogP contribution in [0.2, 0.25) is 10.0 Å². The van der Waals surface area contributed by atoms with E-state index in [1.807, 2.05) is 0 Å². The molecule has 21 heavy (non-hydrogen) atoms. The Morgan fingerprint density at radius 2 is 2.00 bits per heavy atom. The first-order chi connectivity index (χ1) is 9.88. The standard InChI is InChI=1S/C14H19Cl2FN2O2/c1-3-4-5-6-7-8(2)21-14(20)12-9(15)11(18)10(16)13(17)19-12/h8H,3-7H2,1-2H3,(H2,18,19). The summed E-state index contributed by atoms with van der Waals surface area (Å²) in [5.41, 5.74) is 4.95. The zero-order valence-electron chi connectivity index (χ0n) is 12.1. The molecule has 1 aromatic heterocycles. The largest absolute Gasteiger partial charge is 0.458 e. The van der Waals surface area contributed by atoms with Crippen LogP contribution in [0.15, 0.2) is 0 Å². The van der Waals surface area contributed by atoms with Crippen molar-refractivity contribution >= 4 is 34.9 Å². The average molecular weight is 337 g/mol. The molecule has 118 valence electrons. The van der Waals surface area contributed by atoms with Gasteiger partial charge in [0.05, 0.1) is 16.8 Å². The Kier molecular flexibility index (Phi) is 7.18. The van der Waals surface area contributed by atoms with Crippen molar-refractivity contribution in [2.24, 2.45) is 0 Å². The summed E-state index contributed by atoms with van der Waals surface area (Å²) >= 11 is 11.4. The number of ether oxygens (including phenoxy) is 1. The molecule has 1 rings (SSSR count). The highest BCUT2D eigenvalue weighted by Gasteiger charge is 2.23. The lowest BCUT2D eigenvalue weighted by Gasteiger charge is -2.14. The van der Waals surface area contributed by atoms with Gasteiger partial charge in [-0.25, -0.2) is 9.78 Å². The van der Waals surface area contributed by atoms with E-state index in [1.165, 1.54) is 0 Å². The van der Waals surface area contributed by atoms with Crippen LogP contribution in [0.25, 0.3) is 0 Å². The highest BCUT2D eigenvalue weighted by atomic mass is 35.5. The Labute approximate surface area is 133 Å². The molecule has 1 aromatic rings. The van der Waals surface area contributed by atoms with Crippen molar-refractivity contribution < 1.29 is 13.9 Å². The highest BCUT2D eigenvalue weighted by Crippen LogP contribution is 2.31. The minimum Gasteiger partial charge on any atom is -0.458 e. The van der Waals surface area contributed by atoms with Crippen molar-refractivity contribution in [3.63, 3.8) is 0 Å². The lowest BCUT2D eigenvalue weighted by molar-refractivity contribution is 0.0311. The number of unbranched alkanes of at least 4 members (excludes halogenated alkanes) is 3. The number of nitrogens with zero attached hydrogens (tertiary/aromatic N) is 1. The van der Waals surface area contributed by atoms with E-state index in [2.05, 4.69) is 11.9 Å². The number of nitrogens with two attached hydrogens (primary N) is 1. The summed E-state index contributed by atoms with van der Waals surface area (Å²) in [5.74, 6) is -1.84. The van der Waals surface area contributed by atoms with Crippen LogP contribution in [0.3, 0.4) is 0 Å². The van der Waals surface area contributed by atoms with Crippen LogP contribution in [-0.2, 0) is 4.74 Å². The molecule has 0 spiro atoms. The van der Waals surface area contributed by atoms with Crippen LogP contribution in [0.1, 0.15) is 56.4 Å². The van der Waals surface area contributed by atoms with Crippen LogP contribution in [0.4, 0.5) is 10.1 Å². The summed E-state index contributed by atoms with van der Waals surface area (Å²) in [6.45, 7) is 3.89. The number of nitrogen functional groups attached to an aromatic ring is 1. The molecule has 1 unspecified atom stereocenters. The Hall–Kier alpha value is -1.07. The fourth-order valence-electron chi connectivity index (χ4n) is 1.82. The van der Waals surface area contributed by atoms with Crippen LogP contribution in [0.5, 0.6) is 0 Å². The molecule has 0 aromatic carbocycles. The van der Waals surface area contributed by atoms with E-state index in [9.17, 15) is 9.18 Å². The molecule has 0 bridgehead atoms. The quantitative estimate of drug-likeness (QED) is 0.448. The van der Waals surface area contributed by atoms with Gasteiger partial charge in [0.25, 0.3) is 0 Å². The van der Waals surface area contributed by atoms with Crippen LogP contribution >= 0.6 is 23.2 Å². The number of hydrogen-bond acceptors (Lipinski definition) is 4. The molecule has 0 saturated carbocycles. The van der Waals surface area contributed by atoms with Crippen molar-refractivity contribution in [3.8, 4) is 0 Å². The van der Waals surface area contributed by atoms with Crippen LogP contribution < -0.4 is 5.73 Å². The summed E-state index contributed by atoms with van der Waals surface area (Å²) in [5, 5.41) is -0.589. The average Bonchev–Trinajstić information content (AvgIpc) is 2.45. The summed E-state index contributed by atoms with van der Waals surface area (Å²) in [7, 11) is 0. The lowest BCUT2D eigenvalue weighted by Crippen LogP contribution is -2.17. The molecule has 0 fully saturated rings. The van der Waals surface area contributed by atoms with Crippen LogP contribution in [-0.4, -0.2) is 17.1 Å². The molecule has 0 aliphatic carbocycles. The number of halogens is 3. The molecule has 0 amide bonds. The Balaban J connectivity index is 2.68. The fraction of sp³-hybridized carbons (Fsp3) is 0.571. The summed E-state index contributed by atoms with van der Waals surface area (Å²) < 4.78 is 18.6. The third-order valence-electron chi connectivity index (χ3n) is 3.04. The molecule has 4 nitrogen and oxygen atoms in total. The van der Waals surface area contributed by atoms with Crippen molar-refractivity contribution in [2.45, 2.75) is 52.1 Å². The van der Waals surface area contributed by atoms with Crippen molar-refractivity contribution in [1.82, 2.24) is 4.98 Å². The predicted octanol–water partition coefficient (Wildman–Crippen LogP) is 4.63. The van der Waals surface area contributed by atoms with Gasteiger partial charge in [-0.2, -0.15) is 4.39 Å². The summed E-state index contributed by atoms with van der Waals surface area (Å²) in [4.78, 5) is 15.4. The second-order valence-electron chi connectivity index (χ2n) is 4.86. The number of carbonyl (C=O) groups is 1. The van der Waals surface area contributed by atoms with E-state index < -0.39 is 16.9 Å². The molecular formula is C14H19Cl2FN2O2. The Bertz CT molecular complexity index is 512. The minimum atomic E-state index is -1.04. The molecule has 7 heteroatoms. The van der Waals surface area contributed by atoms with Crippen molar-refractivity contribution in [3.05, 3.63) is 21.7 Å². The van der Waals surface area contributed by atoms with Gasteiger partial charge in [-0.15, -0.1) is 0 Å². The zero-order valence-corrected chi connectivity index (χ0v) is 13.6. The molecule has 0 radical (unpaired) electrons. The molecule has 0 saturated heterocycles. The van der Waals surface area contributed by atoms with Gasteiger partial charge in [0.2, 0.25) is 5.95 Å². The number of pyridine rings is 1. The van der Waals surface area contributed by atoms with E-state index in [0.717, 1.165) is 32.1 Å². The summed E-state index contributed by atoms with van der Waals surface area (Å²) in [6, 6.07) is 0. The van der Waals surface area contributed by atoms with Gasteiger partial charge < -0.3 is 10.5 Å². The minimum absolute atomic E-state index is 0.190. The van der Waals surface area contributed by atoms with E-state index in [-0.39, 0.29) is 22.5 Å². The number of carbonyl (C=O) groups excluding carboxylic acids is 1. The van der Waals surface area contributed by atoms with Gasteiger partial charge in [0, 0.05) is 0 Å². The zero-order chi connectivity index (χ0) is 16.0. The van der Waals surface area contributed by atoms with E-state index in [4.69, 9.17) is 33.7 Å². The van der Waals surface area contributed by atoms with Gasteiger partial charge in [-0.1, -0.05) is 49.4 Å². The second kappa shape index (κ2) is 8.39. The maximum Gasteiger partial charge on any atom is 0.358 e. The third-order valence-corrected chi connectivity index (χ3v) is 3.78. The monoisotopic (exact) mass is 336 g/mol. The van der Waals surface area contributed by atoms with E-state index in [1.54, 1.807) is 6.92 Å².